The first-order chi connectivity index (χ1) is 9.49. The Morgan fingerprint density at radius 2 is 2.05 bits per heavy atom. The van der Waals surface area contributed by atoms with Gasteiger partial charge < -0.3 is 4.74 Å². The molecule has 110 valence electrons. The van der Waals surface area contributed by atoms with E-state index in [1.165, 1.54) is 11.9 Å². The van der Waals surface area contributed by atoms with Crippen molar-refractivity contribution in [2.24, 2.45) is 4.99 Å². The molecule has 2 aliphatic heterocycles. The van der Waals surface area contributed by atoms with Crippen molar-refractivity contribution < 1.29 is 18.9 Å². The molecular formula is C12H20N5O3+. The van der Waals surface area contributed by atoms with Gasteiger partial charge in [0.05, 0.1) is 13.6 Å². The Morgan fingerprint density at radius 1 is 1.35 bits per heavy atom. The van der Waals surface area contributed by atoms with Crippen molar-refractivity contribution in [1.82, 2.24) is 15.1 Å². The van der Waals surface area contributed by atoms with E-state index in [2.05, 4.69) is 10.3 Å². The van der Waals surface area contributed by atoms with Crippen LogP contribution in [0.2, 0.25) is 0 Å². The third-order valence-corrected chi connectivity index (χ3v) is 3.48. The van der Waals surface area contributed by atoms with E-state index in [0.717, 1.165) is 11.3 Å². The number of hydrogen-bond acceptors (Lipinski definition) is 5. The Morgan fingerprint density at radius 3 is 2.70 bits per heavy atom. The van der Waals surface area contributed by atoms with Crippen LogP contribution in [-0.2, 0) is 9.53 Å². The van der Waals surface area contributed by atoms with Crippen LogP contribution in [0.15, 0.2) is 4.99 Å². The van der Waals surface area contributed by atoms with Crippen molar-refractivity contribution in [2.45, 2.75) is 12.5 Å². The summed E-state index contributed by atoms with van der Waals surface area (Å²) in [6.45, 7) is 1.35. The molecule has 0 bridgehead atoms. The van der Waals surface area contributed by atoms with Crippen molar-refractivity contribution in [2.75, 3.05) is 41.4 Å². The van der Waals surface area contributed by atoms with Gasteiger partial charge in [0.25, 0.3) is 5.91 Å². The number of carbonyl (C=O) groups excluding carboxylic acids is 2. The minimum absolute atomic E-state index is 0.261. The molecule has 2 heterocycles. The highest BCUT2D eigenvalue weighted by Gasteiger charge is 2.50. The van der Waals surface area contributed by atoms with E-state index in [-0.39, 0.29) is 11.9 Å². The summed E-state index contributed by atoms with van der Waals surface area (Å²) in [7, 11) is 6.54. The Balaban J connectivity index is 2.15. The van der Waals surface area contributed by atoms with Crippen LogP contribution in [0.5, 0.6) is 0 Å². The van der Waals surface area contributed by atoms with Crippen molar-refractivity contribution >= 4 is 23.7 Å². The molecule has 0 spiro atoms. The van der Waals surface area contributed by atoms with E-state index in [9.17, 15) is 9.59 Å². The normalized spacial score (nSPS) is 22.4. The highest BCUT2D eigenvalue weighted by Crippen LogP contribution is 2.16. The van der Waals surface area contributed by atoms with Crippen LogP contribution < -0.4 is 5.32 Å². The van der Waals surface area contributed by atoms with Gasteiger partial charge in [0, 0.05) is 34.2 Å². The Bertz CT molecular complexity index is 499. The smallest absolute Gasteiger partial charge is 0.385 e. The molecule has 0 aromatic carbocycles. The number of amidine groups is 1. The maximum Gasteiger partial charge on any atom is 0.389 e. The van der Waals surface area contributed by atoms with Gasteiger partial charge in [-0.2, -0.15) is 0 Å². The lowest BCUT2D eigenvalue weighted by atomic mass is 10.2. The molecule has 2 rings (SSSR count). The average Bonchev–Trinajstić information content (AvgIpc) is 2.76. The summed E-state index contributed by atoms with van der Waals surface area (Å²) in [4.78, 5) is 31.0. The summed E-state index contributed by atoms with van der Waals surface area (Å²) in [5, 5.41) is 3.16. The van der Waals surface area contributed by atoms with Gasteiger partial charge in [-0.05, 0) is 0 Å². The van der Waals surface area contributed by atoms with Gasteiger partial charge in [-0.1, -0.05) is 4.99 Å². The Labute approximate surface area is 117 Å². The topological polar surface area (TPSA) is 77.2 Å². The fourth-order valence-corrected chi connectivity index (χ4v) is 2.26. The number of likely N-dealkylation sites (N-methyl/N-ethyl adjacent to an activating group) is 3. The summed E-state index contributed by atoms with van der Waals surface area (Å²) in [5.41, 5.74) is 0. The molecule has 1 unspecified atom stereocenters. The first-order valence-corrected chi connectivity index (χ1v) is 6.45. The molecule has 0 radical (unpaired) electrons. The average molecular weight is 282 g/mol. The monoisotopic (exact) mass is 282 g/mol. The van der Waals surface area contributed by atoms with Crippen LogP contribution in [0.1, 0.15) is 6.42 Å². The van der Waals surface area contributed by atoms with Crippen LogP contribution in [0, 0.1) is 0 Å². The minimum atomic E-state index is -0.535. The van der Waals surface area contributed by atoms with E-state index in [1.54, 1.807) is 25.8 Å². The number of methoxy groups -OCH3 is 1. The zero-order chi connectivity index (χ0) is 14.9. The largest absolute Gasteiger partial charge is 0.389 e. The summed E-state index contributed by atoms with van der Waals surface area (Å²) in [6.07, 6.45) is 0.839. The maximum atomic E-state index is 12.2. The number of ether oxygens (including phenoxy) is 1. The summed E-state index contributed by atoms with van der Waals surface area (Å²) < 4.78 is 6.73. The minimum Gasteiger partial charge on any atom is -0.385 e. The molecule has 0 saturated carbocycles. The summed E-state index contributed by atoms with van der Waals surface area (Å²) >= 11 is 0. The van der Waals surface area contributed by atoms with Crippen molar-refractivity contribution in [3.63, 3.8) is 0 Å². The van der Waals surface area contributed by atoms with E-state index in [0.29, 0.717) is 24.9 Å². The number of hydrogen-bond donors (Lipinski definition) is 1. The number of guanidine groups is 1. The number of fused-ring (bicyclic) bond motifs is 1. The molecule has 8 nitrogen and oxygen atoms in total. The van der Waals surface area contributed by atoms with Crippen LogP contribution >= 0.6 is 0 Å². The number of rotatable bonds is 4. The number of nitrogens with zero attached hydrogens (tertiary/aromatic N) is 4. The first kappa shape index (κ1) is 14.4. The molecule has 20 heavy (non-hydrogen) atoms. The molecule has 0 aromatic heterocycles. The molecule has 3 amide bonds. The third-order valence-electron chi connectivity index (χ3n) is 3.48. The van der Waals surface area contributed by atoms with Gasteiger partial charge in [0.2, 0.25) is 11.9 Å². The number of urea groups is 1. The molecule has 1 atom stereocenters. The molecule has 1 saturated heterocycles. The Hall–Kier alpha value is -1.96. The van der Waals surface area contributed by atoms with Crippen LogP contribution in [-0.4, -0.2) is 85.6 Å². The third kappa shape index (κ3) is 2.26. The zero-order valence-electron chi connectivity index (χ0n) is 12.2. The van der Waals surface area contributed by atoms with Gasteiger partial charge in [0.15, 0.2) is 0 Å². The van der Waals surface area contributed by atoms with Crippen LogP contribution in [0.4, 0.5) is 4.79 Å². The lowest BCUT2D eigenvalue weighted by Crippen LogP contribution is -2.61. The molecule has 2 aliphatic rings. The van der Waals surface area contributed by atoms with Gasteiger partial charge >= 0.3 is 12.0 Å². The fourth-order valence-electron chi connectivity index (χ4n) is 2.26. The highest BCUT2D eigenvalue weighted by molar-refractivity contribution is 6.22. The maximum absolute atomic E-state index is 12.2. The predicted octanol–water partition coefficient (Wildman–Crippen LogP) is -1.08. The molecule has 1 N–H and O–H groups in total. The number of nitrogens with one attached hydrogen (secondary N) is 1. The van der Waals surface area contributed by atoms with Crippen molar-refractivity contribution in [1.29, 1.82) is 0 Å². The molecule has 0 aliphatic carbocycles. The second kappa shape index (κ2) is 5.58. The quantitative estimate of drug-likeness (QED) is 0.525. The number of carbonyl (C=O) groups is 2. The van der Waals surface area contributed by atoms with Crippen LogP contribution in [0.25, 0.3) is 0 Å². The molecule has 8 heteroatoms. The van der Waals surface area contributed by atoms with Gasteiger partial charge in [-0.3, -0.25) is 19.9 Å². The van der Waals surface area contributed by atoms with Gasteiger partial charge in [-0.25, -0.2) is 9.37 Å². The zero-order valence-corrected chi connectivity index (χ0v) is 12.2. The number of amides is 3. The molecule has 0 aromatic rings. The lowest BCUT2D eigenvalue weighted by Gasteiger charge is -2.31. The van der Waals surface area contributed by atoms with Gasteiger partial charge in [0.1, 0.15) is 0 Å². The van der Waals surface area contributed by atoms with E-state index in [4.69, 9.17) is 4.74 Å². The Kier molecular flexibility index (Phi) is 4.03. The van der Waals surface area contributed by atoms with Crippen LogP contribution in [0.3, 0.4) is 0 Å². The first-order valence-electron chi connectivity index (χ1n) is 6.45. The fraction of sp³-hybridized carbons (Fsp3) is 0.667. The SMILES string of the molecule is COCCCNC1=[N+](C)C2C(=O)N(C)C(=O)N(C)C2=N1. The number of aliphatic imine (C=N–C) groups is 1. The summed E-state index contributed by atoms with van der Waals surface area (Å²) in [5.74, 6) is 0.808. The highest BCUT2D eigenvalue weighted by atomic mass is 16.5. The van der Waals surface area contributed by atoms with E-state index in [1.807, 2.05) is 0 Å². The standard InChI is InChI=1S/C12H19N5O3/c1-15-8-9(14-11(15)13-6-5-7-20-4)16(2)12(19)17(3)10(8)18/h8H,5-7H2,1-4H3/p+1. The van der Waals surface area contributed by atoms with Crippen molar-refractivity contribution in [3.05, 3.63) is 0 Å². The van der Waals surface area contributed by atoms with Crippen molar-refractivity contribution in [3.8, 4) is 0 Å². The lowest BCUT2D eigenvalue weighted by molar-refractivity contribution is -0.507. The predicted molar refractivity (Wildman–Crippen MR) is 72.8 cm³/mol. The second-order valence-electron chi connectivity index (χ2n) is 4.82. The van der Waals surface area contributed by atoms with Gasteiger partial charge in [-0.15, -0.1) is 0 Å². The molecule has 1 fully saturated rings. The van der Waals surface area contributed by atoms with E-state index < -0.39 is 6.04 Å². The molecular weight excluding hydrogens is 262 g/mol. The van der Waals surface area contributed by atoms with E-state index >= 15 is 0 Å². The number of imide groups is 1. The summed E-state index contributed by atoms with van der Waals surface area (Å²) in [6, 6.07) is -0.897. The second-order valence-corrected chi connectivity index (χ2v) is 4.82.